The Balaban J connectivity index is 1.83. The first-order valence-electron chi connectivity index (χ1n) is 7.69. The number of hydrogen-bond donors (Lipinski definition) is 2. The van der Waals surface area contributed by atoms with Crippen LogP contribution in [0.25, 0.3) is 10.7 Å². The van der Waals surface area contributed by atoms with Crippen molar-refractivity contribution < 1.29 is 9.53 Å². The molecule has 3 rings (SSSR count). The number of benzene rings is 1. The minimum Gasteiger partial charge on any atom is -0.380 e. The smallest absolute Gasteiger partial charge is 0.247 e. The molecule has 0 bridgehead atoms. The number of H-pyrrole nitrogens is 1. The van der Waals surface area contributed by atoms with Crippen molar-refractivity contribution >= 4 is 35.1 Å². The molecular weight excluding hydrogens is 356 g/mol. The van der Waals surface area contributed by atoms with Crippen LogP contribution in [0.15, 0.2) is 41.8 Å². The van der Waals surface area contributed by atoms with Crippen LogP contribution in [0, 0.1) is 4.77 Å². The molecule has 0 radical (unpaired) electrons. The van der Waals surface area contributed by atoms with E-state index in [0.717, 1.165) is 16.1 Å². The number of hydrogen-bond acceptors (Lipinski definition) is 5. The molecule has 1 atom stereocenters. The summed E-state index contributed by atoms with van der Waals surface area (Å²) in [6.07, 6.45) is 0. The van der Waals surface area contributed by atoms with Gasteiger partial charge in [-0.1, -0.05) is 18.2 Å². The fourth-order valence-corrected chi connectivity index (χ4v) is 3.51. The first-order chi connectivity index (χ1) is 12.1. The Labute approximate surface area is 154 Å². The summed E-state index contributed by atoms with van der Waals surface area (Å²) >= 11 is 6.86. The van der Waals surface area contributed by atoms with E-state index in [1.165, 1.54) is 0 Å². The number of thiophene rings is 1. The van der Waals surface area contributed by atoms with Crippen molar-refractivity contribution in [1.29, 1.82) is 0 Å². The largest absolute Gasteiger partial charge is 0.380 e. The number of aromatic amines is 1. The van der Waals surface area contributed by atoms with Crippen LogP contribution in [0.1, 0.15) is 18.5 Å². The first-order valence-corrected chi connectivity index (χ1v) is 8.98. The second-order valence-electron chi connectivity index (χ2n) is 5.50. The molecule has 0 fully saturated rings. The molecule has 1 aromatic carbocycles. The predicted octanol–water partition coefficient (Wildman–Crippen LogP) is 4.02. The van der Waals surface area contributed by atoms with Gasteiger partial charge in [0.25, 0.3) is 0 Å². The molecule has 0 unspecified atom stereocenters. The number of ether oxygens (including phenoxy) is 1. The molecular formula is C17H18N4O2S2. The fourth-order valence-electron chi connectivity index (χ4n) is 2.51. The van der Waals surface area contributed by atoms with Crippen LogP contribution < -0.4 is 5.32 Å². The van der Waals surface area contributed by atoms with Crippen LogP contribution in [0.2, 0.25) is 0 Å². The van der Waals surface area contributed by atoms with Gasteiger partial charge in [0.15, 0.2) is 10.6 Å². The number of rotatable bonds is 6. The van der Waals surface area contributed by atoms with Crippen LogP contribution in [-0.2, 0) is 16.1 Å². The summed E-state index contributed by atoms with van der Waals surface area (Å²) in [5.74, 6) is 0.501. The Kier molecular flexibility index (Phi) is 5.42. The van der Waals surface area contributed by atoms with Crippen molar-refractivity contribution in [3.05, 3.63) is 52.1 Å². The molecule has 0 saturated heterocycles. The van der Waals surface area contributed by atoms with Gasteiger partial charge in [-0.15, -0.1) is 11.3 Å². The molecule has 0 aliphatic rings. The van der Waals surface area contributed by atoms with Gasteiger partial charge in [-0.2, -0.15) is 5.10 Å². The quantitative estimate of drug-likeness (QED) is 0.640. The SMILES string of the molecule is COCc1cccc(NC(=O)[C@@H](C)n2c(-c3cccs3)n[nH]c2=S)c1. The maximum absolute atomic E-state index is 12.7. The number of carbonyl (C=O) groups excluding carboxylic acids is 1. The summed E-state index contributed by atoms with van der Waals surface area (Å²) in [4.78, 5) is 13.7. The molecule has 2 aromatic heterocycles. The summed E-state index contributed by atoms with van der Waals surface area (Å²) in [5.41, 5.74) is 1.71. The number of nitrogens with zero attached hydrogens (tertiary/aromatic N) is 2. The maximum atomic E-state index is 12.7. The molecule has 2 N–H and O–H groups in total. The van der Waals surface area contributed by atoms with Crippen molar-refractivity contribution in [3.8, 4) is 10.7 Å². The molecule has 0 spiro atoms. The first kappa shape index (κ1) is 17.5. The van der Waals surface area contributed by atoms with Crippen molar-refractivity contribution in [3.63, 3.8) is 0 Å². The van der Waals surface area contributed by atoms with E-state index in [9.17, 15) is 4.79 Å². The Bertz CT molecular complexity index is 915. The molecule has 1 amide bonds. The Morgan fingerprint density at radius 1 is 1.44 bits per heavy atom. The third-order valence-corrected chi connectivity index (χ3v) is 4.87. The highest BCUT2D eigenvalue weighted by molar-refractivity contribution is 7.71. The minimum atomic E-state index is -0.505. The van der Waals surface area contributed by atoms with E-state index in [0.29, 0.717) is 17.2 Å². The third-order valence-electron chi connectivity index (χ3n) is 3.72. The van der Waals surface area contributed by atoms with Crippen LogP contribution in [0.3, 0.4) is 0 Å². The van der Waals surface area contributed by atoms with Gasteiger partial charge in [-0.3, -0.25) is 14.5 Å². The fraction of sp³-hybridized carbons (Fsp3) is 0.235. The van der Waals surface area contributed by atoms with Crippen LogP contribution in [0.4, 0.5) is 5.69 Å². The highest BCUT2D eigenvalue weighted by atomic mass is 32.1. The second kappa shape index (κ2) is 7.73. The molecule has 25 heavy (non-hydrogen) atoms. The Hall–Kier alpha value is -2.29. The van der Waals surface area contributed by atoms with Crippen LogP contribution in [-0.4, -0.2) is 27.8 Å². The van der Waals surface area contributed by atoms with Crippen LogP contribution >= 0.6 is 23.6 Å². The molecule has 0 saturated carbocycles. The third kappa shape index (κ3) is 3.87. The summed E-state index contributed by atoms with van der Waals surface area (Å²) in [5, 5.41) is 11.9. The highest BCUT2D eigenvalue weighted by Crippen LogP contribution is 2.26. The van der Waals surface area contributed by atoms with Gasteiger partial charge in [-0.05, 0) is 48.3 Å². The number of amides is 1. The zero-order chi connectivity index (χ0) is 17.8. The van der Waals surface area contributed by atoms with Gasteiger partial charge in [0.2, 0.25) is 5.91 Å². The zero-order valence-corrected chi connectivity index (χ0v) is 15.5. The summed E-state index contributed by atoms with van der Waals surface area (Å²) in [6.45, 7) is 2.30. The van der Waals surface area contributed by atoms with Crippen molar-refractivity contribution in [2.75, 3.05) is 12.4 Å². The van der Waals surface area contributed by atoms with E-state index in [2.05, 4.69) is 15.5 Å². The van der Waals surface area contributed by atoms with Crippen LogP contribution in [0.5, 0.6) is 0 Å². The number of aromatic nitrogens is 3. The normalized spacial score (nSPS) is 12.1. The summed E-state index contributed by atoms with van der Waals surface area (Å²) in [6, 6.07) is 11.0. The average Bonchev–Trinajstić information content (AvgIpc) is 3.24. The number of methoxy groups -OCH3 is 1. The maximum Gasteiger partial charge on any atom is 0.247 e. The molecule has 130 valence electrons. The van der Waals surface area contributed by atoms with Crippen molar-refractivity contribution in [2.45, 2.75) is 19.6 Å². The highest BCUT2D eigenvalue weighted by Gasteiger charge is 2.21. The predicted molar refractivity (Wildman–Crippen MR) is 101 cm³/mol. The second-order valence-corrected chi connectivity index (χ2v) is 6.83. The van der Waals surface area contributed by atoms with Crippen molar-refractivity contribution in [2.24, 2.45) is 0 Å². The lowest BCUT2D eigenvalue weighted by molar-refractivity contribution is -0.118. The topological polar surface area (TPSA) is 71.9 Å². The van der Waals surface area contributed by atoms with Gasteiger partial charge in [0.1, 0.15) is 6.04 Å². The number of carbonyl (C=O) groups is 1. The molecule has 0 aliphatic heterocycles. The van der Waals surface area contributed by atoms with Gasteiger partial charge < -0.3 is 10.1 Å². The van der Waals surface area contributed by atoms with E-state index < -0.39 is 6.04 Å². The average molecular weight is 374 g/mol. The molecule has 8 heteroatoms. The molecule has 0 aliphatic carbocycles. The molecule has 6 nitrogen and oxygen atoms in total. The molecule has 3 aromatic rings. The lowest BCUT2D eigenvalue weighted by atomic mass is 10.2. The van der Waals surface area contributed by atoms with Gasteiger partial charge in [0, 0.05) is 12.8 Å². The lowest BCUT2D eigenvalue weighted by Crippen LogP contribution is -2.24. The summed E-state index contributed by atoms with van der Waals surface area (Å²) in [7, 11) is 1.64. The van der Waals surface area contributed by atoms with Gasteiger partial charge >= 0.3 is 0 Å². The Morgan fingerprint density at radius 3 is 3.00 bits per heavy atom. The standard InChI is InChI=1S/C17H18N4O2S2/c1-11(16(22)18-13-6-3-5-12(9-13)10-23-2)21-15(19-20-17(21)24)14-7-4-8-25-14/h3-9,11H,10H2,1-2H3,(H,18,22)(H,20,24)/t11-/m1/s1. The zero-order valence-electron chi connectivity index (χ0n) is 13.9. The summed E-state index contributed by atoms with van der Waals surface area (Å²) < 4.78 is 7.27. The van der Waals surface area contributed by atoms with E-state index in [1.807, 2.05) is 41.8 Å². The Morgan fingerprint density at radius 2 is 2.28 bits per heavy atom. The monoisotopic (exact) mass is 374 g/mol. The molecule has 2 heterocycles. The van der Waals surface area contributed by atoms with E-state index in [4.69, 9.17) is 17.0 Å². The minimum absolute atomic E-state index is 0.162. The van der Waals surface area contributed by atoms with Gasteiger partial charge in [-0.25, -0.2) is 0 Å². The lowest BCUT2D eigenvalue weighted by Gasteiger charge is -2.15. The number of nitrogens with one attached hydrogen (secondary N) is 2. The van der Waals surface area contributed by atoms with E-state index >= 15 is 0 Å². The van der Waals surface area contributed by atoms with E-state index in [1.54, 1.807) is 29.9 Å². The van der Waals surface area contributed by atoms with E-state index in [-0.39, 0.29) is 5.91 Å². The number of anilines is 1. The van der Waals surface area contributed by atoms with Crippen molar-refractivity contribution in [1.82, 2.24) is 14.8 Å². The van der Waals surface area contributed by atoms with Gasteiger partial charge in [0.05, 0.1) is 11.5 Å².